The first-order valence-electron chi connectivity index (χ1n) is 10.9. The summed E-state index contributed by atoms with van der Waals surface area (Å²) in [6.07, 6.45) is 0. The second-order valence-corrected chi connectivity index (χ2v) is 10.2. The molecule has 0 amide bonds. The van der Waals surface area contributed by atoms with Crippen molar-refractivity contribution in [1.29, 1.82) is 0 Å². The molecule has 3 heterocycles. The number of esters is 1. The summed E-state index contributed by atoms with van der Waals surface area (Å²) in [7, 11) is 0. The van der Waals surface area contributed by atoms with Crippen LogP contribution in [0.5, 0.6) is 11.5 Å². The van der Waals surface area contributed by atoms with Gasteiger partial charge in [0.25, 0.3) is 5.56 Å². The molecule has 1 aliphatic heterocycles. The van der Waals surface area contributed by atoms with Crippen LogP contribution in [-0.2, 0) is 17.0 Å². The monoisotopic (exact) mass is 528 g/mol. The molecular formula is C25H21ClN2O5S2. The molecule has 7 nitrogen and oxygen atoms in total. The average molecular weight is 529 g/mol. The summed E-state index contributed by atoms with van der Waals surface area (Å²) >= 11 is 8.66. The van der Waals surface area contributed by atoms with Crippen molar-refractivity contribution < 1.29 is 19.0 Å². The maximum atomic E-state index is 13.7. The van der Waals surface area contributed by atoms with Gasteiger partial charge >= 0.3 is 5.97 Å². The molecule has 1 aliphatic rings. The minimum absolute atomic E-state index is 0.180. The number of aromatic nitrogens is 2. The van der Waals surface area contributed by atoms with Crippen LogP contribution >= 0.6 is 34.7 Å². The molecule has 0 unspecified atom stereocenters. The molecule has 5 rings (SSSR count). The van der Waals surface area contributed by atoms with Crippen LogP contribution in [0.2, 0.25) is 5.02 Å². The van der Waals surface area contributed by atoms with E-state index in [1.54, 1.807) is 18.4 Å². The molecule has 0 N–H and O–H groups in total. The summed E-state index contributed by atoms with van der Waals surface area (Å²) < 4.78 is 17.7. The maximum Gasteiger partial charge on any atom is 0.348 e. The van der Waals surface area contributed by atoms with Crippen LogP contribution in [0.25, 0.3) is 10.2 Å². The van der Waals surface area contributed by atoms with E-state index in [0.29, 0.717) is 54.6 Å². The molecule has 10 heteroatoms. The molecule has 0 fully saturated rings. The second-order valence-electron chi connectivity index (χ2n) is 7.85. The van der Waals surface area contributed by atoms with Crippen LogP contribution in [0.4, 0.5) is 0 Å². The summed E-state index contributed by atoms with van der Waals surface area (Å²) in [5.74, 6) is 1.49. The van der Waals surface area contributed by atoms with Crippen molar-refractivity contribution in [3.05, 3.63) is 79.4 Å². The third-order valence-electron chi connectivity index (χ3n) is 5.53. The van der Waals surface area contributed by atoms with Crippen LogP contribution in [-0.4, -0.2) is 28.9 Å². The van der Waals surface area contributed by atoms with Gasteiger partial charge in [0.15, 0.2) is 16.7 Å². The summed E-state index contributed by atoms with van der Waals surface area (Å²) in [5.41, 5.74) is 2.33. The highest BCUT2D eigenvalue weighted by atomic mass is 35.5. The Kier molecular flexibility index (Phi) is 6.73. The molecule has 4 aromatic rings. The third-order valence-corrected chi connectivity index (χ3v) is 8.00. The highest BCUT2D eigenvalue weighted by molar-refractivity contribution is 7.98. The average Bonchev–Trinajstić information content (AvgIpc) is 3.45. The lowest BCUT2D eigenvalue weighted by molar-refractivity contribution is 0.0531. The Morgan fingerprint density at radius 3 is 2.69 bits per heavy atom. The fraction of sp³-hybridized carbons (Fsp3) is 0.240. The van der Waals surface area contributed by atoms with Crippen molar-refractivity contribution in [3.8, 4) is 11.5 Å². The van der Waals surface area contributed by atoms with Gasteiger partial charge in [-0.15, -0.1) is 11.3 Å². The van der Waals surface area contributed by atoms with E-state index in [4.69, 9.17) is 30.8 Å². The fourth-order valence-corrected chi connectivity index (χ4v) is 5.99. The van der Waals surface area contributed by atoms with Gasteiger partial charge in [-0.3, -0.25) is 9.36 Å². The molecule has 0 bridgehead atoms. The van der Waals surface area contributed by atoms with E-state index in [1.807, 2.05) is 42.5 Å². The molecule has 35 heavy (non-hydrogen) atoms. The first-order valence-corrected chi connectivity index (χ1v) is 13.1. The number of ether oxygens (including phenoxy) is 3. The standard InChI is InChI=1S/C25H21ClN2O5S2/c1-3-31-24(30)21-14(2)20-22(35-21)27-25(34-12-15-4-7-17(26)8-5-15)28(23(20)29)11-16-6-9-18-19(10-16)33-13-32-18/h4-10H,3,11-13H2,1-2H3. The molecule has 0 saturated carbocycles. The lowest BCUT2D eigenvalue weighted by Crippen LogP contribution is -2.24. The summed E-state index contributed by atoms with van der Waals surface area (Å²) in [6, 6.07) is 13.2. The number of hydrogen-bond acceptors (Lipinski definition) is 8. The minimum atomic E-state index is -0.440. The largest absolute Gasteiger partial charge is 0.462 e. The normalized spacial score (nSPS) is 12.3. The molecule has 0 saturated heterocycles. The maximum absolute atomic E-state index is 13.7. The first-order chi connectivity index (χ1) is 16.9. The zero-order chi connectivity index (χ0) is 24.5. The van der Waals surface area contributed by atoms with Crippen LogP contribution < -0.4 is 15.0 Å². The van der Waals surface area contributed by atoms with Gasteiger partial charge in [-0.25, -0.2) is 9.78 Å². The molecular weight excluding hydrogens is 508 g/mol. The van der Waals surface area contributed by atoms with Crippen molar-refractivity contribution in [2.75, 3.05) is 13.4 Å². The van der Waals surface area contributed by atoms with E-state index >= 15 is 0 Å². The smallest absolute Gasteiger partial charge is 0.348 e. The molecule has 0 aliphatic carbocycles. The van der Waals surface area contributed by atoms with Gasteiger partial charge in [0, 0.05) is 10.8 Å². The number of thiophene rings is 1. The molecule has 2 aromatic carbocycles. The van der Waals surface area contributed by atoms with Crippen LogP contribution in [0.3, 0.4) is 0 Å². The quantitative estimate of drug-likeness (QED) is 0.174. The Labute approximate surface area is 214 Å². The lowest BCUT2D eigenvalue weighted by atomic mass is 10.2. The number of aryl methyl sites for hydroxylation is 1. The van der Waals surface area contributed by atoms with Crippen LogP contribution in [0.1, 0.15) is 33.3 Å². The number of fused-ring (bicyclic) bond motifs is 2. The zero-order valence-corrected chi connectivity index (χ0v) is 21.4. The van der Waals surface area contributed by atoms with Gasteiger partial charge in [0.05, 0.1) is 18.5 Å². The number of carbonyl (C=O) groups excluding carboxylic acids is 1. The number of benzene rings is 2. The Morgan fingerprint density at radius 2 is 1.91 bits per heavy atom. The Bertz CT molecular complexity index is 1480. The highest BCUT2D eigenvalue weighted by Gasteiger charge is 2.23. The zero-order valence-electron chi connectivity index (χ0n) is 19.0. The summed E-state index contributed by atoms with van der Waals surface area (Å²) in [6.45, 7) is 4.25. The third kappa shape index (κ3) is 4.76. The highest BCUT2D eigenvalue weighted by Crippen LogP contribution is 2.34. The number of rotatable bonds is 7. The van der Waals surface area contributed by atoms with Crippen LogP contribution in [0, 0.1) is 6.92 Å². The summed E-state index contributed by atoms with van der Waals surface area (Å²) in [5, 5.41) is 1.67. The van der Waals surface area contributed by atoms with Crippen LogP contribution in [0.15, 0.2) is 52.4 Å². The van der Waals surface area contributed by atoms with Crippen molar-refractivity contribution in [2.45, 2.75) is 31.3 Å². The van der Waals surface area contributed by atoms with E-state index in [0.717, 1.165) is 11.1 Å². The second kappa shape index (κ2) is 9.93. The molecule has 0 spiro atoms. The van der Waals surface area contributed by atoms with Crippen molar-refractivity contribution in [1.82, 2.24) is 9.55 Å². The fourth-order valence-electron chi connectivity index (χ4n) is 3.79. The van der Waals surface area contributed by atoms with E-state index in [9.17, 15) is 9.59 Å². The minimum Gasteiger partial charge on any atom is -0.462 e. The number of carbonyl (C=O) groups is 1. The molecule has 2 aromatic heterocycles. The Morgan fingerprint density at radius 1 is 1.17 bits per heavy atom. The van der Waals surface area contributed by atoms with Gasteiger partial charge in [-0.05, 0) is 54.8 Å². The predicted octanol–water partition coefficient (Wildman–Crippen LogP) is 5.67. The van der Waals surface area contributed by atoms with Crippen molar-refractivity contribution >= 4 is 50.9 Å². The van der Waals surface area contributed by atoms with Gasteiger partial charge in [-0.2, -0.15) is 0 Å². The van der Waals surface area contributed by atoms with E-state index in [-0.39, 0.29) is 19.0 Å². The van der Waals surface area contributed by atoms with Gasteiger partial charge in [-0.1, -0.05) is 41.6 Å². The van der Waals surface area contributed by atoms with Crippen molar-refractivity contribution in [2.24, 2.45) is 0 Å². The Hall–Kier alpha value is -3.01. The first kappa shape index (κ1) is 23.7. The molecule has 0 atom stereocenters. The number of thioether (sulfide) groups is 1. The van der Waals surface area contributed by atoms with Gasteiger partial charge < -0.3 is 14.2 Å². The number of hydrogen-bond donors (Lipinski definition) is 0. The van der Waals surface area contributed by atoms with E-state index in [1.165, 1.54) is 23.1 Å². The summed E-state index contributed by atoms with van der Waals surface area (Å²) in [4.78, 5) is 32.0. The predicted molar refractivity (Wildman–Crippen MR) is 137 cm³/mol. The number of halogens is 1. The van der Waals surface area contributed by atoms with E-state index in [2.05, 4.69) is 0 Å². The molecule has 180 valence electrons. The SMILES string of the molecule is CCOC(=O)c1sc2nc(SCc3ccc(Cl)cc3)n(Cc3ccc4c(c3)OCO4)c(=O)c2c1C. The Balaban J connectivity index is 1.58. The van der Waals surface area contributed by atoms with Gasteiger partial charge in [0.1, 0.15) is 9.71 Å². The lowest BCUT2D eigenvalue weighted by Gasteiger charge is -2.13. The van der Waals surface area contributed by atoms with E-state index < -0.39 is 5.97 Å². The number of nitrogens with zero attached hydrogens (tertiary/aromatic N) is 2. The molecule has 0 radical (unpaired) electrons. The topological polar surface area (TPSA) is 79.7 Å². The van der Waals surface area contributed by atoms with Crippen molar-refractivity contribution in [3.63, 3.8) is 0 Å². The van der Waals surface area contributed by atoms with Gasteiger partial charge in [0.2, 0.25) is 6.79 Å².